The van der Waals surface area contributed by atoms with Gasteiger partial charge < -0.3 is 0 Å². The van der Waals surface area contributed by atoms with Crippen LogP contribution in [-0.2, 0) is 14.1 Å². The smallest absolute Gasteiger partial charge is 0.281 e. The number of hydrogen-bond acceptors (Lipinski definition) is 8. The second-order valence-electron chi connectivity index (χ2n) is 8.48. The van der Waals surface area contributed by atoms with E-state index in [0.29, 0.717) is 17.0 Å². The van der Waals surface area contributed by atoms with Gasteiger partial charge in [-0.15, -0.1) is 5.10 Å². The minimum absolute atomic E-state index is 0.0764. The van der Waals surface area contributed by atoms with Gasteiger partial charge in [0.1, 0.15) is 5.82 Å². The highest BCUT2D eigenvalue weighted by atomic mass is 16.6. The van der Waals surface area contributed by atoms with Crippen molar-refractivity contribution < 1.29 is 9.72 Å². The molecule has 0 saturated carbocycles. The molecule has 5 rings (SSSR count). The van der Waals surface area contributed by atoms with Crippen LogP contribution in [0.15, 0.2) is 76.3 Å². The summed E-state index contributed by atoms with van der Waals surface area (Å²) in [5, 5.41) is 23.9. The SMILES string of the molecule is Cc1c(C(=O)n2nc(-c3ccccc3)cc2-c2cccc([N+](=O)[O-])c2)nnn1-c1cc(=O)n(C)c(=O)n1C. The Morgan fingerprint density at radius 1 is 0.921 bits per heavy atom. The average Bonchev–Trinajstić information content (AvgIpc) is 3.54. The second kappa shape index (κ2) is 9.20. The number of carbonyl (C=O) groups excluding carboxylic acids is 1. The van der Waals surface area contributed by atoms with Gasteiger partial charge in [-0.1, -0.05) is 47.7 Å². The van der Waals surface area contributed by atoms with Gasteiger partial charge in [0.05, 0.1) is 22.0 Å². The molecule has 0 aliphatic carbocycles. The summed E-state index contributed by atoms with van der Waals surface area (Å²) >= 11 is 0. The Balaban J connectivity index is 1.66. The maximum absolute atomic E-state index is 13.8. The summed E-state index contributed by atoms with van der Waals surface area (Å²) < 4.78 is 4.51. The van der Waals surface area contributed by atoms with E-state index in [1.807, 2.05) is 30.3 Å². The van der Waals surface area contributed by atoms with Crippen LogP contribution in [0, 0.1) is 17.0 Å². The average molecular weight is 512 g/mol. The maximum atomic E-state index is 13.8. The van der Waals surface area contributed by atoms with Crippen molar-refractivity contribution in [2.24, 2.45) is 14.1 Å². The van der Waals surface area contributed by atoms with Crippen molar-refractivity contribution in [3.63, 3.8) is 0 Å². The van der Waals surface area contributed by atoms with Gasteiger partial charge in [-0.3, -0.25) is 28.8 Å². The number of non-ortho nitro benzene ring substituents is 1. The third-order valence-electron chi connectivity index (χ3n) is 6.14. The molecule has 0 saturated heterocycles. The zero-order chi connectivity index (χ0) is 27.1. The van der Waals surface area contributed by atoms with Crippen LogP contribution in [0.2, 0.25) is 0 Å². The van der Waals surface area contributed by atoms with Gasteiger partial charge in [0.2, 0.25) is 0 Å². The first kappa shape index (κ1) is 24.2. The fourth-order valence-corrected chi connectivity index (χ4v) is 4.04. The summed E-state index contributed by atoms with van der Waals surface area (Å²) in [6.45, 7) is 1.57. The number of rotatable bonds is 5. The largest absolute Gasteiger partial charge is 0.332 e. The highest BCUT2D eigenvalue weighted by Crippen LogP contribution is 2.29. The van der Waals surface area contributed by atoms with Gasteiger partial charge in [-0.25, -0.2) is 9.48 Å². The Morgan fingerprint density at radius 2 is 1.63 bits per heavy atom. The van der Waals surface area contributed by atoms with E-state index in [4.69, 9.17) is 0 Å². The van der Waals surface area contributed by atoms with Crippen LogP contribution in [0.25, 0.3) is 28.3 Å². The Labute approximate surface area is 214 Å². The molecule has 0 bridgehead atoms. The van der Waals surface area contributed by atoms with Gasteiger partial charge in [0.25, 0.3) is 11.2 Å². The van der Waals surface area contributed by atoms with Crippen LogP contribution in [0.1, 0.15) is 16.2 Å². The molecule has 0 N–H and O–H groups in total. The predicted octanol–water partition coefficient (Wildman–Crippen LogP) is 2.10. The summed E-state index contributed by atoms with van der Waals surface area (Å²) in [4.78, 5) is 49.3. The van der Waals surface area contributed by atoms with Gasteiger partial charge in [0.15, 0.2) is 5.69 Å². The fraction of sp³-hybridized carbons (Fsp3) is 0.120. The summed E-state index contributed by atoms with van der Waals surface area (Å²) in [6.07, 6.45) is 0. The summed E-state index contributed by atoms with van der Waals surface area (Å²) in [7, 11) is 2.83. The maximum Gasteiger partial charge on any atom is 0.332 e. The second-order valence-corrected chi connectivity index (χ2v) is 8.48. The van der Waals surface area contributed by atoms with Crippen LogP contribution in [-0.4, -0.2) is 44.7 Å². The Morgan fingerprint density at radius 3 is 2.34 bits per heavy atom. The van der Waals surface area contributed by atoms with Crippen LogP contribution in [0.3, 0.4) is 0 Å². The third-order valence-corrected chi connectivity index (χ3v) is 6.14. The lowest BCUT2D eigenvalue weighted by atomic mass is 10.1. The van der Waals surface area contributed by atoms with E-state index in [9.17, 15) is 24.5 Å². The molecule has 190 valence electrons. The van der Waals surface area contributed by atoms with Crippen molar-refractivity contribution in [3.8, 4) is 28.3 Å². The lowest BCUT2D eigenvalue weighted by Gasteiger charge is -2.10. The van der Waals surface area contributed by atoms with E-state index in [1.54, 1.807) is 19.1 Å². The molecule has 13 nitrogen and oxygen atoms in total. The predicted molar refractivity (Wildman–Crippen MR) is 136 cm³/mol. The molecule has 2 aromatic carbocycles. The molecule has 0 fully saturated rings. The normalized spacial score (nSPS) is 11.0. The quantitative estimate of drug-likeness (QED) is 0.256. The highest BCUT2D eigenvalue weighted by Gasteiger charge is 2.25. The summed E-state index contributed by atoms with van der Waals surface area (Å²) in [5.41, 5.74) is 0.862. The first-order chi connectivity index (χ1) is 18.2. The number of nitro benzene ring substituents is 1. The van der Waals surface area contributed by atoms with Gasteiger partial charge >= 0.3 is 11.6 Å². The van der Waals surface area contributed by atoms with E-state index in [0.717, 1.165) is 14.8 Å². The fourth-order valence-electron chi connectivity index (χ4n) is 4.04. The van der Waals surface area contributed by atoms with Crippen molar-refractivity contribution in [3.05, 3.63) is 109 Å². The molecule has 3 heterocycles. The third kappa shape index (κ3) is 4.01. The van der Waals surface area contributed by atoms with Gasteiger partial charge in [0, 0.05) is 43.4 Å². The molecule has 0 amide bonds. The lowest BCUT2D eigenvalue weighted by Crippen LogP contribution is -2.38. The van der Waals surface area contributed by atoms with Gasteiger partial charge in [-0.05, 0) is 13.0 Å². The van der Waals surface area contributed by atoms with Crippen molar-refractivity contribution in [2.45, 2.75) is 6.92 Å². The Bertz CT molecular complexity index is 1850. The molecular weight excluding hydrogens is 492 g/mol. The first-order valence-corrected chi connectivity index (χ1v) is 11.3. The Hall–Kier alpha value is -5.46. The number of benzene rings is 2. The number of aromatic nitrogens is 7. The minimum Gasteiger partial charge on any atom is -0.281 e. The number of nitrogens with zero attached hydrogens (tertiary/aromatic N) is 8. The van der Waals surface area contributed by atoms with E-state index < -0.39 is 22.1 Å². The number of nitro groups is 1. The molecule has 0 atom stereocenters. The standard InChI is InChI=1S/C25H20N8O5/c1-15-23(26-28-31(15)21-14-22(34)30(3)25(36)29(21)2)24(35)32-20(17-10-7-11-18(12-17)33(37)38)13-19(27-32)16-8-5-4-6-9-16/h4-14H,1-3H3. The van der Waals surface area contributed by atoms with Crippen LogP contribution in [0.4, 0.5) is 5.69 Å². The molecule has 5 aromatic rings. The molecular formula is C25H20N8O5. The van der Waals surface area contributed by atoms with E-state index in [-0.39, 0.29) is 22.9 Å². The molecule has 13 heteroatoms. The van der Waals surface area contributed by atoms with Crippen LogP contribution >= 0.6 is 0 Å². The van der Waals surface area contributed by atoms with Crippen LogP contribution in [0.5, 0.6) is 0 Å². The minimum atomic E-state index is -0.647. The summed E-state index contributed by atoms with van der Waals surface area (Å²) in [5.74, 6) is -0.516. The molecule has 0 unspecified atom stereocenters. The number of carbonyl (C=O) groups is 1. The topological polar surface area (TPSA) is 153 Å². The molecule has 0 radical (unpaired) electrons. The van der Waals surface area contributed by atoms with Crippen molar-refractivity contribution >= 4 is 11.6 Å². The molecule has 38 heavy (non-hydrogen) atoms. The molecule has 3 aromatic heterocycles. The molecule has 0 aliphatic heterocycles. The highest BCUT2D eigenvalue weighted by molar-refractivity contribution is 5.97. The van der Waals surface area contributed by atoms with E-state index in [2.05, 4.69) is 15.4 Å². The molecule has 0 spiro atoms. The molecule has 0 aliphatic rings. The van der Waals surface area contributed by atoms with E-state index >= 15 is 0 Å². The zero-order valence-corrected chi connectivity index (χ0v) is 20.5. The van der Waals surface area contributed by atoms with Crippen molar-refractivity contribution in [2.75, 3.05) is 0 Å². The zero-order valence-electron chi connectivity index (χ0n) is 20.5. The first-order valence-electron chi connectivity index (χ1n) is 11.3. The number of hydrogen-bond donors (Lipinski definition) is 0. The van der Waals surface area contributed by atoms with Gasteiger partial charge in [-0.2, -0.15) is 9.78 Å². The summed E-state index contributed by atoms with van der Waals surface area (Å²) in [6, 6.07) is 17.9. The van der Waals surface area contributed by atoms with Crippen LogP contribution < -0.4 is 11.2 Å². The van der Waals surface area contributed by atoms with Crippen molar-refractivity contribution in [1.82, 2.24) is 33.9 Å². The van der Waals surface area contributed by atoms with E-state index in [1.165, 1.54) is 47.6 Å². The van der Waals surface area contributed by atoms with Crippen molar-refractivity contribution in [1.29, 1.82) is 0 Å². The monoisotopic (exact) mass is 512 g/mol. The Kier molecular flexibility index (Phi) is 5.87. The lowest BCUT2D eigenvalue weighted by molar-refractivity contribution is -0.384.